The molecule has 0 atom stereocenters. The van der Waals surface area contributed by atoms with Crippen molar-refractivity contribution in [2.75, 3.05) is 0 Å². The van der Waals surface area contributed by atoms with Gasteiger partial charge in [0, 0.05) is 6.54 Å². The van der Waals surface area contributed by atoms with Gasteiger partial charge in [0.1, 0.15) is 5.82 Å². The fourth-order valence-electron chi connectivity index (χ4n) is 2.47. The summed E-state index contributed by atoms with van der Waals surface area (Å²) in [5, 5.41) is 0. The summed E-state index contributed by atoms with van der Waals surface area (Å²) in [6.45, 7) is 2.87. The Bertz CT molecular complexity index is 787. The molecule has 106 valence electrons. The highest BCUT2D eigenvalue weighted by Crippen LogP contribution is 2.18. The number of aryl methyl sites for hydroxylation is 1. The second-order valence-corrected chi connectivity index (χ2v) is 5.76. The fourth-order valence-corrected chi connectivity index (χ4v) is 2.60. The molecule has 21 heavy (non-hydrogen) atoms. The number of hydrogen-bond acceptors (Lipinski definition) is 2. The minimum absolute atomic E-state index is 0.468. The lowest BCUT2D eigenvalue weighted by molar-refractivity contribution is 0.774. The molecule has 0 saturated carbocycles. The lowest BCUT2D eigenvalue weighted by Gasteiger charge is -2.09. The molecule has 0 spiro atoms. The van der Waals surface area contributed by atoms with E-state index < -0.39 is 0 Å². The van der Waals surface area contributed by atoms with Crippen molar-refractivity contribution in [1.82, 2.24) is 9.55 Å². The van der Waals surface area contributed by atoms with Crippen LogP contribution in [0.3, 0.4) is 0 Å². The Morgan fingerprint density at radius 1 is 1.14 bits per heavy atom. The molecule has 0 aliphatic heterocycles. The first-order valence-electron chi connectivity index (χ1n) is 6.91. The number of fused-ring (bicyclic) bond motifs is 1. The zero-order chi connectivity index (χ0) is 14.8. The molecule has 1 heterocycles. The van der Waals surface area contributed by atoms with E-state index in [1.165, 1.54) is 11.1 Å². The van der Waals surface area contributed by atoms with E-state index in [4.69, 9.17) is 18.0 Å². The average molecular weight is 295 g/mol. The highest BCUT2D eigenvalue weighted by molar-refractivity contribution is 7.80. The molecule has 0 aliphatic carbocycles. The van der Waals surface area contributed by atoms with Gasteiger partial charge in [0.15, 0.2) is 0 Å². The van der Waals surface area contributed by atoms with Gasteiger partial charge in [-0.25, -0.2) is 4.98 Å². The van der Waals surface area contributed by atoms with Gasteiger partial charge < -0.3 is 10.3 Å². The van der Waals surface area contributed by atoms with Gasteiger partial charge in [0.25, 0.3) is 0 Å². The second-order valence-electron chi connectivity index (χ2n) is 5.23. The van der Waals surface area contributed by atoms with E-state index in [1.54, 1.807) is 0 Å². The van der Waals surface area contributed by atoms with Crippen molar-refractivity contribution in [2.45, 2.75) is 19.9 Å². The van der Waals surface area contributed by atoms with Crippen LogP contribution in [0.4, 0.5) is 0 Å². The van der Waals surface area contributed by atoms with Crippen LogP contribution in [0.2, 0.25) is 0 Å². The molecule has 4 heteroatoms. The van der Waals surface area contributed by atoms with E-state index in [-0.39, 0.29) is 0 Å². The van der Waals surface area contributed by atoms with Crippen molar-refractivity contribution in [2.24, 2.45) is 5.73 Å². The highest BCUT2D eigenvalue weighted by Gasteiger charge is 2.11. The Labute approximate surface area is 129 Å². The normalized spacial score (nSPS) is 10.9. The van der Waals surface area contributed by atoms with Crippen LogP contribution in [-0.2, 0) is 13.0 Å². The third-order valence-electron chi connectivity index (χ3n) is 3.53. The van der Waals surface area contributed by atoms with Crippen LogP contribution < -0.4 is 5.73 Å². The number of rotatable bonds is 4. The van der Waals surface area contributed by atoms with Crippen LogP contribution in [-0.4, -0.2) is 14.5 Å². The van der Waals surface area contributed by atoms with Crippen molar-refractivity contribution in [3.8, 4) is 0 Å². The van der Waals surface area contributed by atoms with Crippen LogP contribution in [0.5, 0.6) is 0 Å². The highest BCUT2D eigenvalue weighted by atomic mass is 32.1. The third kappa shape index (κ3) is 2.95. The van der Waals surface area contributed by atoms with Crippen molar-refractivity contribution in [3.05, 3.63) is 65.5 Å². The zero-order valence-corrected chi connectivity index (χ0v) is 12.7. The van der Waals surface area contributed by atoms with Gasteiger partial charge in [-0.1, -0.05) is 54.2 Å². The predicted octanol–water partition coefficient (Wildman–Crippen LogP) is 3.22. The molecule has 3 rings (SSSR count). The maximum atomic E-state index is 5.71. The molecule has 0 saturated heterocycles. The molecule has 2 N–H and O–H groups in total. The van der Waals surface area contributed by atoms with Gasteiger partial charge in [0.2, 0.25) is 0 Å². The molecule has 1 aromatic heterocycles. The summed E-state index contributed by atoms with van der Waals surface area (Å²) in [6, 6.07) is 16.7. The number of imidazole rings is 1. The van der Waals surface area contributed by atoms with E-state index >= 15 is 0 Å². The van der Waals surface area contributed by atoms with E-state index in [0.717, 1.165) is 23.4 Å². The van der Waals surface area contributed by atoms with E-state index in [0.29, 0.717) is 11.4 Å². The molecule has 0 fully saturated rings. The molecule has 3 aromatic rings. The number of benzene rings is 2. The summed E-state index contributed by atoms with van der Waals surface area (Å²) in [6.07, 6.45) is 0.524. The number of nitrogens with zero attached hydrogens (tertiary/aromatic N) is 2. The van der Waals surface area contributed by atoms with Crippen LogP contribution in [0.1, 0.15) is 17.0 Å². The second kappa shape index (κ2) is 5.66. The summed E-state index contributed by atoms with van der Waals surface area (Å²) >= 11 is 5.05. The molecule has 0 aliphatic rings. The van der Waals surface area contributed by atoms with Crippen LogP contribution in [0, 0.1) is 6.92 Å². The van der Waals surface area contributed by atoms with Gasteiger partial charge in [0.05, 0.1) is 22.4 Å². The summed E-state index contributed by atoms with van der Waals surface area (Å²) in [5.74, 6) is 0.921. The number of thiocarbonyl (C=S) groups is 1. The smallest absolute Gasteiger partial charge is 0.116 e. The van der Waals surface area contributed by atoms with E-state index in [9.17, 15) is 0 Å². The molecule has 0 amide bonds. The minimum atomic E-state index is 0.468. The molecule has 2 aromatic carbocycles. The van der Waals surface area contributed by atoms with Crippen molar-refractivity contribution >= 4 is 28.2 Å². The molecular weight excluding hydrogens is 278 g/mol. The summed E-state index contributed by atoms with van der Waals surface area (Å²) in [4.78, 5) is 5.13. The fraction of sp³-hybridized carbons (Fsp3) is 0.176. The maximum Gasteiger partial charge on any atom is 0.116 e. The Morgan fingerprint density at radius 3 is 2.57 bits per heavy atom. The van der Waals surface area contributed by atoms with Crippen molar-refractivity contribution in [1.29, 1.82) is 0 Å². The SMILES string of the molecule is Cc1ccc(Cn2c(CC(N)=S)nc3ccccc32)cc1. The van der Waals surface area contributed by atoms with Crippen molar-refractivity contribution < 1.29 is 0 Å². The molecule has 0 bridgehead atoms. The average Bonchev–Trinajstić information content (AvgIpc) is 2.78. The number of nitrogens with two attached hydrogens (primary N) is 1. The van der Waals surface area contributed by atoms with Gasteiger partial charge in [-0.2, -0.15) is 0 Å². The quantitative estimate of drug-likeness (QED) is 0.752. The minimum Gasteiger partial charge on any atom is -0.393 e. The van der Waals surface area contributed by atoms with Crippen LogP contribution in [0.15, 0.2) is 48.5 Å². The molecular formula is C17H17N3S. The first-order chi connectivity index (χ1) is 10.1. The lowest BCUT2D eigenvalue weighted by atomic mass is 10.1. The standard InChI is InChI=1S/C17H17N3S/c1-12-6-8-13(9-7-12)11-20-15-5-3-2-4-14(15)19-17(20)10-16(18)21/h2-9H,10-11H2,1H3,(H2,18,21). The number of aromatic nitrogens is 2. The topological polar surface area (TPSA) is 43.8 Å². The summed E-state index contributed by atoms with van der Waals surface area (Å²) in [5.41, 5.74) is 10.3. The van der Waals surface area contributed by atoms with Crippen LogP contribution in [0.25, 0.3) is 11.0 Å². The third-order valence-corrected chi connectivity index (χ3v) is 3.67. The molecule has 0 radical (unpaired) electrons. The predicted molar refractivity (Wildman–Crippen MR) is 90.5 cm³/mol. The monoisotopic (exact) mass is 295 g/mol. The number of para-hydroxylation sites is 2. The van der Waals surface area contributed by atoms with Crippen LogP contribution >= 0.6 is 12.2 Å². The number of hydrogen-bond donors (Lipinski definition) is 1. The lowest BCUT2D eigenvalue weighted by Crippen LogP contribution is -2.15. The summed E-state index contributed by atoms with van der Waals surface area (Å²) in [7, 11) is 0. The van der Waals surface area contributed by atoms with Gasteiger partial charge in [-0.15, -0.1) is 0 Å². The molecule has 0 unspecified atom stereocenters. The summed E-state index contributed by atoms with van der Waals surface area (Å²) < 4.78 is 2.19. The van der Waals surface area contributed by atoms with Gasteiger partial charge in [-0.3, -0.25) is 0 Å². The Morgan fingerprint density at radius 2 is 1.86 bits per heavy atom. The van der Waals surface area contributed by atoms with E-state index in [2.05, 4.69) is 46.8 Å². The van der Waals surface area contributed by atoms with Gasteiger partial charge in [-0.05, 0) is 24.6 Å². The van der Waals surface area contributed by atoms with E-state index in [1.807, 2.05) is 18.2 Å². The zero-order valence-electron chi connectivity index (χ0n) is 11.9. The first-order valence-corrected chi connectivity index (χ1v) is 7.32. The largest absolute Gasteiger partial charge is 0.393 e. The maximum absolute atomic E-state index is 5.71. The van der Waals surface area contributed by atoms with Crippen molar-refractivity contribution in [3.63, 3.8) is 0 Å². The van der Waals surface area contributed by atoms with Gasteiger partial charge >= 0.3 is 0 Å². The Kier molecular flexibility index (Phi) is 3.71. The Hall–Kier alpha value is -2.20. The Balaban J connectivity index is 2.05. The molecule has 3 nitrogen and oxygen atoms in total. The first kappa shape index (κ1) is 13.8.